The minimum absolute atomic E-state index is 0.0457. The second-order valence-electron chi connectivity index (χ2n) is 3.03. The predicted molar refractivity (Wildman–Crippen MR) is 50.8 cm³/mol. The molecule has 5 nitrogen and oxygen atoms in total. The Morgan fingerprint density at radius 2 is 1.82 bits per heavy atom. The highest BCUT2D eigenvalue weighted by atomic mass is 19.4. The Bertz CT molecular complexity index is 507. The number of nitrogen functional groups attached to an aromatic ring is 1. The van der Waals surface area contributed by atoms with E-state index in [-0.39, 0.29) is 17.6 Å². The monoisotopic (exact) mass is 245 g/mol. The van der Waals surface area contributed by atoms with Crippen molar-refractivity contribution in [2.24, 2.45) is 0 Å². The van der Waals surface area contributed by atoms with Gasteiger partial charge in [0.05, 0.1) is 0 Å². The van der Waals surface area contributed by atoms with E-state index in [4.69, 9.17) is 10.3 Å². The first-order chi connectivity index (χ1) is 7.94. The number of aromatic nitrogens is 2. The fourth-order valence-electron chi connectivity index (χ4n) is 1.15. The van der Waals surface area contributed by atoms with Gasteiger partial charge in [-0.25, -0.2) is 0 Å². The van der Waals surface area contributed by atoms with Gasteiger partial charge in [-0.1, -0.05) is 0 Å². The molecule has 0 aliphatic rings. The molecule has 2 N–H and O–H groups in total. The number of hydrogen-bond acceptors (Lipinski definition) is 5. The highest BCUT2D eigenvalue weighted by Gasteiger charge is 2.31. The molecule has 0 bridgehead atoms. The van der Waals surface area contributed by atoms with Crippen molar-refractivity contribution < 1.29 is 22.4 Å². The van der Waals surface area contributed by atoms with E-state index in [0.717, 1.165) is 12.1 Å². The average Bonchev–Trinajstić information content (AvgIpc) is 2.63. The van der Waals surface area contributed by atoms with Gasteiger partial charge in [0, 0.05) is 5.56 Å². The van der Waals surface area contributed by atoms with Crippen molar-refractivity contribution in [3.05, 3.63) is 24.3 Å². The summed E-state index contributed by atoms with van der Waals surface area (Å²) >= 11 is 0. The second kappa shape index (κ2) is 3.96. The third-order valence-electron chi connectivity index (χ3n) is 1.78. The zero-order valence-corrected chi connectivity index (χ0v) is 8.23. The van der Waals surface area contributed by atoms with Crippen LogP contribution in [-0.4, -0.2) is 16.5 Å². The van der Waals surface area contributed by atoms with Crippen molar-refractivity contribution in [1.29, 1.82) is 0 Å². The number of halogens is 3. The Morgan fingerprint density at radius 1 is 1.18 bits per heavy atom. The molecule has 0 fully saturated rings. The summed E-state index contributed by atoms with van der Waals surface area (Å²) in [4.78, 5) is 3.72. The van der Waals surface area contributed by atoms with E-state index >= 15 is 0 Å². The van der Waals surface area contributed by atoms with Crippen LogP contribution in [0.4, 0.5) is 19.1 Å². The molecule has 90 valence electrons. The molecule has 2 rings (SSSR count). The maximum atomic E-state index is 11.9. The van der Waals surface area contributed by atoms with Gasteiger partial charge in [-0.2, -0.15) is 4.98 Å². The Labute approximate surface area is 93.0 Å². The molecule has 0 unspecified atom stereocenters. The molecule has 0 amide bonds. The maximum absolute atomic E-state index is 11.9. The lowest BCUT2D eigenvalue weighted by Gasteiger charge is -2.08. The number of hydrogen-bond donors (Lipinski definition) is 1. The summed E-state index contributed by atoms with van der Waals surface area (Å²) in [7, 11) is 0. The van der Waals surface area contributed by atoms with E-state index in [0.29, 0.717) is 5.56 Å². The summed E-state index contributed by atoms with van der Waals surface area (Å²) in [5.41, 5.74) is 5.69. The molecule has 17 heavy (non-hydrogen) atoms. The van der Waals surface area contributed by atoms with E-state index in [1.54, 1.807) is 0 Å². The van der Waals surface area contributed by atoms with Crippen LogP contribution in [0.15, 0.2) is 28.8 Å². The molecule has 0 atom stereocenters. The zero-order chi connectivity index (χ0) is 12.5. The molecule has 1 aromatic carbocycles. The van der Waals surface area contributed by atoms with Gasteiger partial charge in [0.25, 0.3) is 11.8 Å². The normalized spacial score (nSPS) is 11.5. The van der Waals surface area contributed by atoms with E-state index in [9.17, 15) is 13.2 Å². The third kappa shape index (κ3) is 2.86. The lowest BCUT2D eigenvalue weighted by Crippen LogP contribution is -2.16. The maximum Gasteiger partial charge on any atom is 0.573 e. The summed E-state index contributed by atoms with van der Waals surface area (Å²) in [6, 6.07) is 4.99. The highest BCUT2D eigenvalue weighted by molar-refractivity contribution is 5.55. The molecule has 0 aliphatic heterocycles. The molecule has 8 heteroatoms. The van der Waals surface area contributed by atoms with Gasteiger partial charge >= 0.3 is 6.36 Å². The minimum Gasteiger partial charge on any atom is -0.406 e. The molecule has 0 spiro atoms. The van der Waals surface area contributed by atoms with Crippen LogP contribution in [-0.2, 0) is 0 Å². The summed E-state index contributed by atoms with van der Waals surface area (Å²) < 4.78 is 44.1. The fraction of sp³-hybridized carbons (Fsp3) is 0.111. The number of nitrogens with zero attached hydrogens (tertiary/aromatic N) is 2. The molecular weight excluding hydrogens is 239 g/mol. The Balaban J connectivity index is 2.19. The number of alkyl halides is 3. The predicted octanol–water partition coefficient (Wildman–Crippen LogP) is 2.22. The van der Waals surface area contributed by atoms with Crippen molar-refractivity contribution >= 4 is 5.95 Å². The standard InChI is InChI=1S/C9H6F3N3O2/c10-9(11,12)16-6-3-1-5(2-4-6)7-14-8(13)15-17-7/h1-4H,(H2,13,15). The fourth-order valence-corrected chi connectivity index (χ4v) is 1.15. The number of ether oxygens (including phenoxy) is 1. The van der Waals surface area contributed by atoms with Gasteiger partial charge < -0.3 is 15.0 Å². The largest absolute Gasteiger partial charge is 0.573 e. The van der Waals surface area contributed by atoms with Gasteiger partial charge in [0.1, 0.15) is 5.75 Å². The third-order valence-corrected chi connectivity index (χ3v) is 1.78. The topological polar surface area (TPSA) is 74.2 Å². The lowest BCUT2D eigenvalue weighted by molar-refractivity contribution is -0.274. The molecule has 0 saturated heterocycles. The number of nitrogens with two attached hydrogens (primary N) is 1. The molecule has 1 aromatic heterocycles. The molecule has 2 aromatic rings. The van der Waals surface area contributed by atoms with E-state index < -0.39 is 6.36 Å². The van der Waals surface area contributed by atoms with Gasteiger partial charge in [-0.05, 0) is 29.4 Å². The van der Waals surface area contributed by atoms with E-state index in [2.05, 4.69) is 14.9 Å². The van der Waals surface area contributed by atoms with Crippen molar-refractivity contribution in [2.75, 3.05) is 5.73 Å². The Hall–Kier alpha value is -2.25. The van der Waals surface area contributed by atoms with E-state index in [1.165, 1.54) is 12.1 Å². The van der Waals surface area contributed by atoms with Gasteiger partial charge in [0.15, 0.2) is 0 Å². The SMILES string of the molecule is Nc1noc(-c2ccc(OC(F)(F)F)cc2)n1. The van der Waals surface area contributed by atoms with Crippen LogP contribution >= 0.6 is 0 Å². The van der Waals surface area contributed by atoms with Gasteiger partial charge in [0.2, 0.25) is 0 Å². The van der Waals surface area contributed by atoms with Gasteiger partial charge in [-0.3, -0.25) is 0 Å². The highest BCUT2D eigenvalue weighted by Crippen LogP contribution is 2.25. The first kappa shape index (κ1) is 11.2. The van der Waals surface area contributed by atoms with Crippen LogP contribution in [0.25, 0.3) is 11.5 Å². The number of rotatable bonds is 2. The first-order valence-corrected chi connectivity index (χ1v) is 4.39. The molecular formula is C9H6F3N3O2. The van der Waals surface area contributed by atoms with Crippen molar-refractivity contribution in [3.8, 4) is 17.2 Å². The summed E-state index contributed by atoms with van der Waals surface area (Å²) in [6.07, 6.45) is -4.71. The summed E-state index contributed by atoms with van der Waals surface area (Å²) in [5, 5.41) is 3.36. The lowest BCUT2D eigenvalue weighted by atomic mass is 10.2. The van der Waals surface area contributed by atoms with Crippen LogP contribution in [0.3, 0.4) is 0 Å². The van der Waals surface area contributed by atoms with Crippen molar-refractivity contribution in [1.82, 2.24) is 10.1 Å². The number of anilines is 1. The van der Waals surface area contributed by atoms with Crippen molar-refractivity contribution in [3.63, 3.8) is 0 Å². The quantitative estimate of drug-likeness (QED) is 0.877. The van der Waals surface area contributed by atoms with Crippen LogP contribution in [0, 0.1) is 0 Å². The smallest absolute Gasteiger partial charge is 0.406 e. The number of benzene rings is 1. The van der Waals surface area contributed by atoms with Crippen LogP contribution < -0.4 is 10.5 Å². The zero-order valence-electron chi connectivity index (χ0n) is 8.23. The van der Waals surface area contributed by atoms with Gasteiger partial charge in [-0.15, -0.1) is 13.2 Å². The minimum atomic E-state index is -4.71. The summed E-state index contributed by atoms with van der Waals surface area (Å²) in [5.74, 6) is -0.245. The molecule has 1 heterocycles. The Morgan fingerprint density at radius 3 is 2.29 bits per heavy atom. The van der Waals surface area contributed by atoms with Crippen LogP contribution in [0.2, 0.25) is 0 Å². The molecule has 0 aliphatic carbocycles. The average molecular weight is 245 g/mol. The van der Waals surface area contributed by atoms with Crippen LogP contribution in [0.5, 0.6) is 5.75 Å². The van der Waals surface area contributed by atoms with E-state index in [1.807, 2.05) is 0 Å². The van der Waals surface area contributed by atoms with Crippen molar-refractivity contribution in [2.45, 2.75) is 6.36 Å². The summed E-state index contributed by atoms with van der Waals surface area (Å²) in [6.45, 7) is 0. The molecule has 0 saturated carbocycles. The molecule has 0 radical (unpaired) electrons. The Kier molecular flexibility index (Phi) is 2.62. The van der Waals surface area contributed by atoms with Crippen LogP contribution in [0.1, 0.15) is 0 Å². The second-order valence-corrected chi connectivity index (χ2v) is 3.03. The first-order valence-electron chi connectivity index (χ1n) is 4.39.